The molecule has 0 saturated carbocycles. The van der Waals surface area contributed by atoms with Crippen LogP contribution in [0.25, 0.3) is 11.1 Å². The predicted octanol–water partition coefficient (Wildman–Crippen LogP) is 6.60. The summed E-state index contributed by atoms with van der Waals surface area (Å²) in [6, 6.07) is 25.7. The van der Waals surface area contributed by atoms with E-state index in [2.05, 4.69) is 65.6 Å². The molecule has 1 heterocycles. The molecule has 0 N–H and O–H groups in total. The summed E-state index contributed by atoms with van der Waals surface area (Å²) in [5.74, 6) is 0.137. The topological polar surface area (TPSA) is 48.0 Å². The number of hydrogen-bond donors (Lipinski definition) is 0. The molecule has 0 spiro atoms. The number of anilines is 1. The molecule has 3 aromatic rings. The fourth-order valence-corrected chi connectivity index (χ4v) is 6.04. The van der Waals surface area contributed by atoms with Crippen molar-refractivity contribution in [2.75, 3.05) is 39.3 Å². The second-order valence-electron chi connectivity index (χ2n) is 10.1. The highest BCUT2D eigenvalue weighted by molar-refractivity contribution is 6.01. The van der Waals surface area contributed by atoms with Gasteiger partial charge in [0.2, 0.25) is 0 Å². The Bertz CT molecular complexity index is 1270. The lowest BCUT2D eigenvalue weighted by Crippen LogP contribution is -2.39. The number of aryl methyl sites for hydroxylation is 1. The summed E-state index contributed by atoms with van der Waals surface area (Å²) in [7, 11) is 4.88. The normalized spacial score (nSPS) is 16.4. The van der Waals surface area contributed by atoms with E-state index in [-0.39, 0.29) is 12.3 Å². The zero-order chi connectivity index (χ0) is 26.5. The van der Waals surface area contributed by atoms with E-state index in [1.54, 1.807) is 14.2 Å². The van der Waals surface area contributed by atoms with E-state index in [0.717, 1.165) is 45.2 Å². The average Bonchev–Trinajstić information content (AvgIpc) is 3.17. The van der Waals surface area contributed by atoms with E-state index < -0.39 is 0 Å². The van der Waals surface area contributed by atoms with Crippen molar-refractivity contribution in [3.05, 3.63) is 101 Å². The quantitative estimate of drug-likeness (QED) is 0.264. The molecule has 1 aliphatic heterocycles. The van der Waals surface area contributed by atoms with Crippen LogP contribution in [0.3, 0.4) is 0 Å². The number of hydrogen-bond acceptors (Lipinski definition) is 5. The SMILES string of the molecule is COC(=O)c1ccc2c(c1)CCCC(c1ccccc1)=C2c1ccc(N2CCC(C(OC)OC)CC2)cc1. The molecule has 0 unspecified atom stereocenters. The molecule has 0 atom stereocenters. The van der Waals surface area contributed by atoms with E-state index in [4.69, 9.17) is 14.2 Å². The van der Waals surface area contributed by atoms with Gasteiger partial charge in [0.05, 0.1) is 12.7 Å². The molecular formula is C33H37NO4. The van der Waals surface area contributed by atoms with Crippen molar-refractivity contribution < 1.29 is 19.0 Å². The van der Waals surface area contributed by atoms with Gasteiger partial charge < -0.3 is 19.1 Å². The molecule has 5 rings (SSSR count). The first kappa shape index (κ1) is 26.2. The Morgan fingerprint density at radius 1 is 0.842 bits per heavy atom. The fourth-order valence-electron chi connectivity index (χ4n) is 6.04. The van der Waals surface area contributed by atoms with Crippen molar-refractivity contribution >= 4 is 22.8 Å². The Morgan fingerprint density at radius 3 is 2.21 bits per heavy atom. The minimum atomic E-state index is -0.290. The van der Waals surface area contributed by atoms with Crippen LogP contribution in [-0.4, -0.2) is 46.7 Å². The lowest BCUT2D eigenvalue weighted by molar-refractivity contribution is -0.141. The van der Waals surface area contributed by atoms with Crippen molar-refractivity contribution in [2.24, 2.45) is 5.92 Å². The van der Waals surface area contributed by atoms with Gasteiger partial charge in [-0.3, -0.25) is 0 Å². The molecule has 1 saturated heterocycles. The van der Waals surface area contributed by atoms with Crippen LogP contribution in [-0.2, 0) is 20.6 Å². The van der Waals surface area contributed by atoms with E-state index >= 15 is 0 Å². The Morgan fingerprint density at radius 2 is 1.55 bits per heavy atom. The van der Waals surface area contributed by atoms with Gasteiger partial charge in [-0.2, -0.15) is 0 Å². The highest BCUT2D eigenvalue weighted by Crippen LogP contribution is 2.40. The van der Waals surface area contributed by atoms with Crippen LogP contribution in [0.4, 0.5) is 5.69 Å². The number of nitrogens with zero attached hydrogens (tertiary/aromatic N) is 1. The zero-order valence-corrected chi connectivity index (χ0v) is 22.6. The van der Waals surface area contributed by atoms with Gasteiger partial charge in [-0.05, 0) is 89.8 Å². The number of carbonyl (C=O) groups is 1. The minimum Gasteiger partial charge on any atom is -0.465 e. The summed E-state index contributed by atoms with van der Waals surface area (Å²) in [6.45, 7) is 1.98. The van der Waals surface area contributed by atoms with Gasteiger partial charge >= 0.3 is 5.97 Å². The summed E-state index contributed by atoms with van der Waals surface area (Å²) < 4.78 is 16.0. The third-order valence-electron chi connectivity index (χ3n) is 8.00. The lowest BCUT2D eigenvalue weighted by atomic mass is 9.87. The summed E-state index contributed by atoms with van der Waals surface area (Å²) in [6.07, 6.45) is 4.91. The van der Waals surface area contributed by atoms with E-state index in [0.29, 0.717) is 11.5 Å². The number of benzene rings is 3. The van der Waals surface area contributed by atoms with Gasteiger partial charge in [-0.15, -0.1) is 0 Å². The van der Waals surface area contributed by atoms with Crippen molar-refractivity contribution in [2.45, 2.75) is 38.4 Å². The second-order valence-corrected chi connectivity index (χ2v) is 10.1. The molecule has 0 amide bonds. The van der Waals surface area contributed by atoms with Crippen LogP contribution >= 0.6 is 0 Å². The maximum Gasteiger partial charge on any atom is 0.337 e. The summed E-state index contributed by atoms with van der Waals surface area (Å²) in [4.78, 5) is 14.7. The molecule has 0 bridgehead atoms. The van der Waals surface area contributed by atoms with Crippen LogP contribution in [0, 0.1) is 5.92 Å². The predicted molar refractivity (Wildman–Crippen MR) is 152 cm³/mol. The van der Waals surface area contributed by atoms with Gasteiger partial charge in [0.1, 0.15) is 0 Å². The molecule has 2 aliphatic rings. The average molecular weight is 512 g/mol. The third kappa shape index (κ3) is 5.40. The molecule has 0 radical (unpaired) electrons. The standard InChI is InChI=1S/C33H37NO4/c1-36-32(35)27-14-17-30-26(22-27)10-7-11-29(23-8-5-4-6-9-23)31(30)24-12-15-28(16-13-24)34-20-18-25(19-21-34)33(37-2)38-3/h4-6,8-9,12-17,22,25,33H,7,10-11,18-21H2,1-3H3. The number of carbonyl (C=O) groups excluding carboxylic acids is 1. The van der Waals surface area contributed by atoms with Crippen LogP contribution in [0.2, 0.25) is 0 Å². The fraction of sp³-hybridized carbons (Fsp3) is 0.364. The molecule has 1 fully saturated rings. The molecule has 5 heteroatoms. The zero-order valence-electron chi connectivity index (χ0n) is 22.6. The molecule has 198 valence electrons. The minimum absolute atomic E-state index is 0.127. The molecule has 3 aromatic carbocycles. The van der Waals surface area contributed by atoms with Crippen molar-refractivity contribution in [1.29, 1.82) is 0 Å². The van der Waals surface area contributed by atoms with Crippen molar-refractivity contribution in [3.8, 4) is 0 Å². The first-order valence-corrected chi connectivity index (χ1v) is 13.5. The Hall–Kier alpha value is -3.41. The highest BCUT2D eigenvalue weighted by atomic mass is 16.7. The van der Waals surface area contributed by atoms with Crippen molar-refractivity contribution in [3.63, 3.8) is 0 Å². The maximum absolute atomic E-state index is 12.2. The smallest absolute Gasteiger partial charge is 0.337 e. The number of rotatable bonds is 7. The Kier molecular flexibility index (Phi) is 8.26. The van der Waals surface area contributed by atoms with E-state index in [1.165, 1.54) is 46.2 Å². The first-order valence-electron chi connectivity index (χ1n) is 13.5. The van der Waals surface area contributed by atoms with Crippen LogP contribution < -0.4 is 4.90 Å². The summed E-state index contributed by atoms with van der Waals surface area (Å²) >= 11 is 0. The number of methoxy groups -OCH3 is 3. The van der Waals surface area contributed by atoms with E-state index in [9.17, 15) is 4.79 Å². The third-order valence-corrected chi connectivity index (χ3v) is 8.00. The summed E-state index contributed by atoms with van der Waals surface area (Å²) in [5, 5.41) is 0. The number of piperidine rings is 1. The molecular weight excluding hydrogens is 474 g/mol. The number of esters is 1. The number of fused-ring (bicyclic) bond motifs is 1. The number of allylic oxidation sites excluding steroid dienone is 1. The Balaban J connectivity index is 1.49. The van der Waals surface area contributed by atoms with Gasteiger partial charge in [0.15, 0.2) is 6.29 Å². The van der Waals surface area contributed by atoms with Gasteiger partial charge in [0.25, 0.3) is 0 Å². The van der Waals surface area contributed by atoms with Gasteiger partial charge in [-0.1, -0.05) is 48.5 Å². The van der Waals surface area contributed by atoms with Crippen LogP contribution in [0.15, 0.2) is 72.8 Å². The molecule has 38 heavy (non-hydrogen) atoms. The van der Waals surface area contributed by atoms with Crippen LogP contribution in [0.1, 0.15) is 58.3 Å². The van der Waals surface area contributed by atoms with Crippen LogP contribution in [0.5, 0.6) is 0 Å². The van der Waals surface area contributed by atoms with Crippen molar-refractivity contribution in [1.82, 2.24) is 0 Å². The summed E-state index contributed by atoms with van der Waals surface area (Å²) in [5.41, 5.74) is 9.33. The number of ether oxygens (including phenoxy) is 3. The maximum atomic E-state index is 12.2. The monoisotopic (exact) mass is 511 g/mol. The first-order chi connectivity index (χ1) is 18.6. The lowest BCUT2D eigenvalue weighted by Gasteiger charge is -2.36. The molecule has 5 nitrogen and oxygen atoms in total. The molecule has 0 aromatic heterocycles. The molecule has 1 aliphatic carbocycles. The largest absolute Gasteiger partial charge is 0.465 e. The van der Waals surface area contributed by atoms with Gasteiger partial charge in [-0.25, -0.2) is 4.79 Å². The van der Waals surface area contributed by atoms with Gasteiger partial charge in [0, 0.05) is 38.9 Å². The second kappa shape index (κ2) is 12.0. The van der Waals surface area contributed by atoms with E-state index in [1.807, 2.05) is 12.1 Å². The highest BCUT2D eigenvalue weighted by Gasteiger charge is 2.27. The Labute approximate surface area is 226 Å².